The van der Waals surface area contributed by atoms with Crippen molar-refractivity contribution in [1.29, 1.82) is 0 Å². The normalized spacial score (nSPS) is 12.6. The topological polar surface area (TPSA) is 72.2 Å². The number of hydrogen-bond acceptors (Lipinski definition) is 3. The molecule has 0 radical (unpaired) electrons. The van der Waals surface area contributed by atoms with Crippen LogP contribution in [0.4, 0.5) is 18.9 Å². The fraction of sp³-hybridized carbons (Fsp3) is 0.400. The SMILES string of the molecule is Nc1ccc(Cl)c(S(=O)(=O)NCCCC(F)(F)F)c1. The lowest BCUT2D eigenvalue weighted by Crippen LogP contribution is -2.26. The highest BCUT2D eigenvalue weighted by molar-refractivity contribution is 7.89. The van der Waals surface area contributed by atoms with Gasteiger partial charge in [0.25, 0.3) is 0 Å². The maximum absolute atomic E-state index is 11.9. The Morgan fingerprint density at radius 2 is 1.95 bits per heavy atom. The molecule has 1 aromatic carbocycles. The van der Waals surface area contributed by atoms with Crippen molar-refractivity contribution in [3.05, 3.63) is 23.2 Å². The Hall–Kier alpha value is -0.990. The van der Waals surface area contributed by atoms with E-state index >= 15 is 0 Å². The summed E-state index contributed by atoms with van der Waals surface area (Å²) in [6.45, 7) is -0.326. The van der Waals surface area contributed by atoms with Crippen LogP contribution in [-0.2, 0) is 10.0 Å². The lowest BCUT2D eigenvalue weighted by atomic mass is 10.3. The molecular weight excluding hydrogens is 305 g/mol. The summed E-state index contributed by atoms with van der Waals surface area (Å²) < 4.78 is 61.3. The number of nitrogens with two attached hydrogens (primary N) is 1. The van der Waals surface area contributed by atoms with E-state index in [0.29, 0.717) is 0 Å². The molecule has 19 heavy (non-hydrogen) atoms. The Morgan fingerprint density at radius 3 is 2.53 bits per heavy atom. The van der Waals surface area contributed by atoms with Gasteiger partial charge in [-0.3, -0.25) is 0 Å². The summed E-state index contributed by atoms with van der Waals surface area (Å²) in [5.74, 6) is 0. The third kappa shape index (κ3) is 5.25. The van der Waals surface area contributed by atoms with E-state index in [9.17, 15) is 21.6 Å². The van der Waals surface area contributed by atoms with Gasteiger partial charge in [-0.25, -0.2) is 13.1 Å². The van der Waals surface area contributed by atoms with Crippen molar-refractivity contribution in [1.82, 2.24) is 4.72 Å². The fourth-order valence-corrected chi connectivity index (χ4v) is 2.91. The molecule has 3 N–H and O–H groups in total. The van der Waals surface area contributed by atoms with Crippen LogP contribution in [0.5, 0.6) is 0 Å². The van der Waals surface area contributed by atoms with E-state index in [-0.39, 0.29) is 28.6 Å². The van der Waals surface area contributed by atoms with Gasteiger partial charge in [-0.05, 0) is 24.6 Å². The smallest absolute Gasteiger partial charge is 0.389 e. The quantitative estimate of drug-likeness (QED) is 0.647. The number of anilines is 1. The van der Waals surface area contributed by atoms with Crippen LogP contribution in [0.1, 0.15) is 12.8 Å². The van der Waals surface area contributed by atoms with Crippen LogP contribution >= 0.6 is 11.6 Å². The number of hydrogen-bond donors (Lipinski definition) is 2. The van der Waals surface area contributed by atoms with Crippen molar-refractivity contribution in [3.8, 4) is 0 Å². The molecule has 0 fully saturated rings. The molecule has 0 saturated carbocycles. The second-order valence-electron chi connectivity index (χ2n) is 3.81. The molecule has 0 aliphatic carbocycles. The molecule has 0 heterocycles. The summed E-state index contributed by atoms with van der Waals surface area (Å²) in [6.07, 6.45) is -5.71. The van der Waals surface area contributed by atoms with Crippen molar-refractivity contribution in [2.45, 2.75) is 23.9 Å². The van der Waals surface area contributed by atoms with E-state index < -0.39 is 22.6 Å². The minimum Gasteiger partial charge on any atom is -0.399 e. The summed E-state index contributed by atoms with van der Waals surface area (Å²) >= 11 is 5.71. The Labute approximate surface area is 113 Å². The minimum atomic E-state index is -4.31. The molecule has 0 saturated heterocycles. The van der Waals surface area contributed by atoms with E-state index in [1.54, 1.807) is 0 Å². The molecule has 4 nitrogen and oxygen atoms in total. The van der Waals surface area contributed by atoms with Gasteiger partial charge in [-0.1, -0.05) is 11.6 Å². The molecule has 9 heteroatoms. The lowest BCUT2D eigenvalue weighted by Gasteiger charge is -2.10. The van der Waals surface area contributed by atoms with E-state index in [1.165, 1.54) is 12.1 Å². The van der Waals surface area contributed by atoms with Gasteiger partial charge in [0.2, 0.25) is 10.0 Å². The van der Waals surface area contributed by atoms with Crippen molar-refractivity contribution in [3.63, 3.8) is 0 Å². The first kappa shape index (κ1) is 16.1. The average Bonchev–Trinajstić information content (AvgIpc) is 2.26. The summed E-state index contributed by atoms with van der Waals surface area (Å²) in [5.41, 5.74) is 5.63. The van der Waals surface area contributed by atoms with Crippen LogP contribution in [0, 0.1) is 0 Å². The van der Waals surface area contributed by atoms with Crippen molar-refractivity contribution >= 4 is 27.3 Å². The molecule has 0 bridgehead atoms. The molecule has 0 aliphatic rings. The first-order valence-electron chi connectivity index (χ1n) is 5.23. The predicted molar refractivity (Wildman–Crippen MR) is 66.3 cm³/mol. The molecule has 0 aliphatic heterocycles. The van der Waals surface area contributed by atoms with Crippen LogP contribution < -0.4 is 10.5 Å². The van der Waals surface area contributed by atoms with Gasteiger partial charge >= 0.3 is 6.18 Å². The Balaban J connectivity index is 2.69. The lowest BCUT2D eigenvalue weighted by molar-refractivity contribution is -0.135. The van der Waals surface area contributed by atoms with Crippen LogP contribution in [0.15, 0.2) is 23.1 Å². The highest BCUT2D eigenvalue weighted by Crippen LogP contribution is 2.24. The molecule has 0 unspecified atom stereocenters. The summed E-state index contributed by atoms with van der Waals surface area (Å²) in [5, 5.41) is -0.0440. The van der Waals surface area contributed by atoms with E-state index in [2.05, 4.69) is 0 Å². The summed E-state index contributed by atoms with van der Waals surface area (Å²) in [4.78, 5) is -0.249. The van der Waals surface area contributed by atoms with Crippen molar-refractivity contribution < 1.29 is 21.6 Å². The fourth-order valence-electron chi connectivity index (χ4n) is 1.30. The van der Waals surface area contributed by atoms with Crippen LogP contribution in [0.25, 0.3) is 0 Å². The molecule has 0 amide bonds. The summed E-state index contributed by atoms with van der Waals surface area (Å²) in [7, 11) is -3.96. The molecular formula is C10H12ClF3N2O2S. The van der Waals surface area contributed by atoms with E-state index in [1.807, 2.05) is 4.72 Å². The number of nitrogens with one attached hydrogen (secondary N) is 1. The number of sulfonamides is 1. The second-order valence-corrected chi connectivity index (χ2v) is 5.95. The zero-order valence-electron chi connectivity index (χ0n) is 9.67. The minimum absolute atomic E-state index is 0.0440. The average molecular weight is 317 g/mol. The largest absolute Gasteiger partial charge is 0.399 e. The first-order chi connectivity index (χ1) is 8.62. The highest BCUT2D eigenvalue weighted by atomic mass is 35.5. The third-order valence-corrected chi connectivity index (χ3v) is 4.12. The number of halogens is 4. The van der Waals surface area contributed by atoms with Gasteiger partial charge < -0.3 is 5.73 Å². The number of alkyl halides is 3. The molecule has 0 aromatic heterocycles. The van der Waals surface area contributed by atoms with Crippen LogP contribution in [0.2, 0.25) is 5.02 Å². The van der Waals surface area contributed by atoms with Crippen molar-refractivity contribution in [2.75, 3.05) is 12.3 Å². The zero-order valence-corrected chi connectivity index (χ0v) is 11.2. The van der Waals surface area contributed by atoms with E-state index in [0.717, 1.165) is 6.07 Å². The zero-order chi connectivity index (χ0) is 14.7. The molecule has 1 rings (SSSR count). The van der Waals surface area contributed by atoms with Gasteiger partial charge in [-0.15, -0.1) is 0 Å². The van der Waals surface area contributed by atoms with Gasteiger partial charge in [0.05, 0.1) is 5.02 Å². The second kappa shape index (κ2) is 5.98. The van der Waals surface area contributed by atoms with Gasteiger partial charge in [0.1, 0.15) is 4.90 Å². The van der Waals surface area contributed by atoms with Crippen molar-refractivity contribution in [2.24, 2.45) is 0 Å². The van der Waals surface area contributed by atoms with Gasteiger partial charge in [0, 0.05) is 18.7 Å². The number of benzene rings is 1. The van der Waals surface area contributed by atoms with Gasteiger partial charge in [0.15, 0.2) is 0 Å². The van der Waals surface area contributed by atoms with E-state index in [4.69, 9.17) is 17.3 Å². The summed E-state index contributed by atoms with van der Waals surface area (Å²) in [6, 6.07) is 3.88. The van der Waals surface area contributed by atoms with Crippen LogP contribution in [0.3, 0.4) is 0 Å². The predicted octanol–water partition coefficient (Wildman–Crippen LogP) is 2.54. The Bertz CT molecular complexity index is 546. The molecule has 1 aromatic rings. The standard InChI is InChI=1S/C10H12ClF3N2O2S/c11-8-3-2-7(15)6-9(8)19(17,18)16-5-1-4-10(12,13)14/h2-3,6,16H,1,4-5,15H2. The third-order valence-electron chi connectivity index (χ3n) is 2.17. The molecule has 0 spiro atoms. The Morgan fingerprint density at radius 1 is 1.32 bits per heavy atom. The Kier molecular flexibility index (Phi) is 5.05. The highest BCUT2D eigenvalue weighted by Gasteiger charge is 2.26. The van der Waals surface area contributed by atoms with Crippen LogP contribution in [-0.4, -0.2) is 21.1 Å². The maximum atomic E-state index is 11.9. The first-order valence-corrected chi connectivity index (χ1v) is 7.09. The molecule has 108 valence electrons. The number of rotatable bonds is 5. The number of nitrogen functional groups attached to an aromatic ring is 1. The maximum Gasteiger partial charge on any atom is 0.389 e. The van der Waals surface area contributed by atoms with Gasteiger partial charge in [-0.2, -0.15) is 13.2 Å². The monoisotopic (exact) mass is 316 g/mol. The molecule has 0 atom stereocenters.